The number of carbonyl (C=O) groups is 4. The highest BCUT2D eigenvalue weighted by atomic mass is 31.2. The van der Waals surface area contributed by atoms with Gasteiger partial charge >= 0.3 is 39.5 Å². The molecule has 0 aliphatic rings. The Morgan fingerprint density at radius 1 is 0.287 bits per heavy atom. The standard InChI is InChI=1S/C82H160O17P2/c1-7-10-12-14-16-18-19-20-21-22-23-24-25-26-30-33-36-39-42-46-53-59-65-80(85)93-70-77(98-81(86)66-60-54-47-43-40-37-34-31-28-27-29-32-35-38-41-44-51-57-63-75(6)9-3)72-96-100(88,89)94-68-76(83)69-95-101(90,91)97-73-78(71-92-79(84)64-58-52-45-17-15-13-11-8-2)99-82(87)67-61-55-49-48-50-56-62-74(4)5/h74-78,83H,7-73H2,1-6H3,(H,88,89)(H,90,91)/t75?,76-,77-,78-/m1/s1. The van der Waals surface area contributed by atoms with Crippen molar-refractivity contribution in [3.05, 3.63) is 0 Å². The summed E-state index contributed by atoms with van der Waals surface area (Å²) in [5.74, 6) is -0.578. The Hall–Kier alpha value is -1.94. The molecule has 0 aliphatic heterocycles. The molecule has 0 aromatic rings. The summed E-state index contributed by atoms with van der Waals surface area (Å²) in [5, 5.41) is 10.6. The molecule has 0 saturated heterocycles. The Balaban J connectivity index is 5.12. The van der Waals surface area contributed by atoms with Gasteiger partial charge in [0.2, 0.25) is 0 Å². The highest BCUT2D eigenvalue weighted by molar-refractivity contribution is 7.47. The Morgan fingerprint density at radius 3 is 0.752 bits per heavy atom. The van der Waals surface area contributed by atoms with Crippen LogP contribution in [0, 0.1) is 11.8 Å². The molecule has 0 heterocycles. The van der Waals surface area contributed by atoms with E-state index in [1.54, 1.807) is 0 Å². The van der Waals surface area contributed by atoms with Crippen LogP contribution in [-0.4, -0.2) is 96.7 Å². The maximum absolute atomic E-state index is 13.1. The van der Waals surface area contributed by atoms with Crippen LogP contribution in [0.3, 0.4) is 0 Å². The van der Waals surface area contributed by atoms with Gasteiger partial charge in [0.15, 0.2) is 12.2 Å². The van der Waals surface area contributed by atoms with E-state index in [1.165, 1.54) is 244 Å². The molecule has 6 atom stereocenters. The van der Waals surface area contributed by atoms with E-state index in [-0.39, 0.29) is 25.7 Å². The van der Waals surface area contributed by atoms with E-state index in [9.17, 15) is 43.2 Å². The molecule has 0 saturated carbocycles. The summed E-state index contributed by atoms with van der Waals surface area (Å²) < 4.78 is 68.5. The molecule has 101 heavy (non-hydrogen) atoms. The average molecular weight is 1480 g/mol. The first-order valence-corrected chi connectivity index (χ1v) is 45.5. The summed E-state index contributed by atoms with van der Waals surface area (Å²) in [6.07, 6.45) is 64.4. The fourth-order valence-corrected chi connectivity index (χ4v) is 14.3. The average Bonchev–Trinajstić information content (AvgIpc) is 0.939. The van der Waals surface area contributed by atoms with Crippen molar-refractivity contribution in [3.8, 4) is 0 Å². The number of aliphatic hydroxyl groups is 1. The zero-order valence-electron chi connectivity index (χ0n) is 66.2. The lowest BCUT2D eigenvalue weighted by molar-refractivity contribution is -0.161. The van der Waals surface area contributed by atoms with Crippen LogP contribution < -0.4 is 0 Å². The highest BCUT2D eigenvalue weighted by Crippen LogP contribution is 2.45. The SMILES string of the molecule is CCCCCCCCCCCCCCCCCCCCCCCCC(=O)OC[C@H](COP(=O)(O)OC[C@@H](O)COP(=O)(O)OC[C@@H](COC(=O)CCCCCCCCCC)OC(=O)CCCCCCCCC(C)C)OC(=O)CCCCCCCCCCCCCCCCCCCCC(C)CC. The molecule has 0 aromatic heterocycles. The van der Waals surface area contributed by atoms with Gasteiger partial charge in [-0.15, -0.1) is 0 Å². The quantitative estimate of drug-likeness (QED) is 0.0222. The van der Waals surface area contributed by atoms with E-state index in [4.69, 9.17) is 37.0 Å². The Bertz CT molecular complexity index is 1940. The van der Waals surface area contributed by atoms with E-state index in [0.29, 0.717) is 31.6 Å². The Morgan fingerprint density at radius 2 is 0.505 bits per heavy atom. The van der Waals surface area contributed by atoms with Gasteiger partial charge in [-0.05, 0) is 37.5 Å². The van der Waals surface area contributed by atoms with Gasteiger partial charge in [-0.25, -0.2) is 9.13 Å². The minimum Gasteiger partial charge on any atom is -0.462 e. The first kappa shape index (κ1) is 99.1. The van der Waals surface area contributed by atoms with Crippen molar-refractivity contribution in [1.29, 1.82) is 0 Å². The topological polar surface area (TPSA) is 237 Å². The molecule has 0 bridgehead atoms. The number of phosphoric ester groups is 2. The maximum atomic E-state index is 13.1. The normalized spacial score (nSPS) is 14.2. The second kappa shape index (κ2) is 73.6. The van der Waals surface area contributed by atoms with Crippen molar-refractivity contribution in [3.63, 3.8) is 0 Å². The molecule has 0 aromatic carbocycles. The van der Waals surface area contributed by atoms with Crippen LogP contribution in [0.5, 0.6) is 0 Å². The number of unbranched alkanes of at least 4 members (excludes halogenated alkanes) is 50. The summed E-state index contributed by atoms with van der Waals surface area (Å²) in [4.78, 5) is 72.8. The summed E-state index contributed by atoms with van der Waals surface area (Å²) in [6, 6.07) is 0. The number of ether oxygens (including phenoxy) is 4. The van der Waals surface area contributed by atoms with Crippen molar-refractivity contribution in [1.82, 2.24) is 0 Å². The molecule has 0 spiro atoms. The molecule has 19 heteroatoms. The third-order valence-electron chi connectivity index (χ3n) is 19.6. The lowest BCUT2D eigenvalue weighted by Crippen LogP contribution is -2.30. The zero-order valence-corrected chi connectivity index (χ0v) is 68.0. The summed E-state index contributed by atoms with van der Waals surface area (Å²) >= 11 is 0. The molecule has 17 nitrogen and oxygen atoms in total. The number of aliphatic hydroxyl groups excluding tert-OH is 1. The molecule has 600 valence electrons. The fourth-order valence-electron chi connectivity index (χ4n) is 12.7. The van der Waals surface area contributed by atoms with Gasteiger partial charge in [-0.2, -0.15) is 0 Å². The minimum absolute atomic E-state index is 0.102. The van der Waals surface area contributed by atoms with E-state index >= 15 is 0 Å². The van der Waals surface area contributed by atoms with Crippen molar-refractivity contribution in [2.75, 3.05) is 39.6 Å². The van der Waals surface area contributed by atoms with Crippen LogP contribution in [0.2, 0.25) is 0 Å². The molecular weight excluding hydrogens is 1320 g/mol. The van der Waals surface area contributed by atoms with E-state index in [0.717, 1.165) is 102 Å². The lowest BCUT2D eigenvalue weighted by Gasteiger charge is -2.21. The van der Waals surface area contributed by atoms with Gasteiger partial charge in [-0.3, -0.25) is 37.3 Å². The van der Waals surface area contributed by atoms with Gasteiger partial charge in [0.1, 0.15) is 19.3 Å². The third-order valence-corrected chi connectivity index (χ3v) is 21.5. The van der Waals surface area contributed by atoms with E-state index in [1.807, 2.05) is 0 Å². The molecule has 3 N–H and O–H groups in total. The first-order valence-electron chi connectivity index (χ1n) is 42.5. The number of phosphoric acid groups is 2. The third kappa shape index (κ3) is 74.7. The summed E-state index contributed by atoms with van der Waals surface area (Å²) in [6.45, 7) is 9.57. The van der Waals surface area contributed by atoms with Crippen LogP contribution in [0.4, 0.5) is 0 Å². The van der Waals surface area contributed by atoms with Crippen LogP contribution in [0.15, 0.2) is 0 Å². The van der Waals surface area contributed by atoms with E-state index < -0.39 is 97.5 Å². The van der Waals surface area contributed by atoms with Gasteiger partial charge in [-0.1, -0.05) is 382 Å². The first-order chi connectivity index (χ1) is 48.9. The van der Waals surface area contributed by atoms with Crippen molar-refractivity contribution >= 4 is 39.5 Å². The van der Waals surface area contributed by atoms with Crippen LogP contribution in [0.1, 0.15) is 433 Å². The lowest BCUT2D eigenvalue weighted by atomic mass is 9.99. The van der Waals surface area contributed by atoms with Gasteiger partial charge < -0.3 is 33.8 Å². The van der Waals surface area contributed by atoms with Crippen LogP contribution in [-0.2, 0) is 65.4 Å². The Labute approximate surface area is 619 Å². The summed E-state index contributed by atoms with van der Waals surface area (Å²) in [7, 11) is -9.91. The molecule has 3 unspecified atom stereocenters. The van der Waals surface area contributed by atoms with Crippen molar-refractivity contribution < 1.29 is 80.2 Å². The summed E-state index contributed by atoms with van der Waals surface area (Å²) in [5.41, 5.74) is 0. The predicted molar refractivity (Wildman–Crippen MR) is 414 cm³/mol. The van der Waals surface area contributed by atoms with E-state index in [2.05, 4.69) is 41.5 Å². The van der Waals surface area contributed by atoms with Gasteiger partial charge in [0.25, 0.3) is 0 Å². The number of hydrogen-bond donors (Lipinski definition) is 3. The largest absolute Gasteiger partial charge is 0.472 e. The molecule has 0 amide bonds. The number of carbonyl (C=O) groups excluding carboxylic acids is 4. The van der Waals surface area contributed by atoms with Gasteiger partial charge in [0, 0.05) is 25.7 Å². The second-order valence-corrected chi connectivity index (χ2v) is 33.1. The monoisotopic (exact) mass is 1480 g/mol. The highest BCUT2D eigenvalue weighted by Gasteiger charge is 2.30. The molecule has 0 radical (unpaired) electrons. The van der Waals surface area contributed by atoms with Crippen molar-refractivity contribution in [2.45, 2.75) is 452 Å². The smallest absolute Gasteiger partial charge is 0.462 e. The van der Waals surface area contributed by atoms with Crippen LogP contribution >= 0.6 is 15.6 Å². The molecule has 0 rings (SSSR count). The molecular formula is C82H160O17P2. The predicted octanol–water partition coefficient (Wildman–Crippen LogP) is 24.7. The Kier molecular flexibility index (Phi) is 72.2. The fraction of sp³-hybridized carbons (Fsp3) is 0.951. The second-order valence-electron chi connectivity index (χ2n) is 30.2. The number of hydrogen-bond acceptors (Lipinski definition) is 15. The van der Waals surface area contributed by atoms with Crippen LogP contribution in [0.25, 0.3) is 0 Å². The minimum atomic E-state index is -4.96. The maximum Gasteiger partial charge on any atom is 0.472 e. The zero-order chi connectivity index (χ0) is 74.2. The molecule has 0 fully saturated rings. The molecule has 0 aliphatic carbocycles. The van der Waals surface area contributed by atoms with Gasteiger partial charge in [0.05, 0.1) is 26.4 Å². The number of rotatable bonds is 81. The number of esters is 4. The van der Waals surface area contributed by atoms with Crippen molar-refractivity contribution in [2.24, 2.45) is 11.8 Å².